The number of carbonyl (C=O) groups excluding carboxylic acids is 1. The van der Waals surface area contributed by atoms with E-state index in [9.17, 15) is 4.79 Å². The van der Waals surface area contributed by atoms with Gasteiger partial charge in [-0.15, -0.1) is 11.3 Å². The first-order valence-electron chi connectivity index (χ1n) is 8.30. The standard InChI is InChI=1S/C18H24N2OS/c1-13(2)10-11-17(21)20-12-6-5-8-15(20)18-19-14-7-3-4-9-16(14)22-18/h3-4,7,9,13,15H,5-6,8,10-12H2,1-2H3. The number of nitrogens with zero attached hydrogens (tertiary/aromatic N) is 2. The van der Waals surface area contributed by atoms with Gasteiger partial charge >= 0.3 is 0 Å². The van der Waals surface area contributed by atoms with Gasteiger partial charge in [-0.3, -0.25) is 4.79 Å². The van der Waals surface area contributed by atoms with E-state index in [-0.39, 0.29) is 6.04 Å². The van der Waals surface area contributed by atoms with Gasteiger partial charge in [-0.2, -0.15) is 0 Å². The smallest absolute Gasteiger partial charge is 0.223 e. The largest absolute Gasteiger partial charge is 0.333 e. The van der Waals surface area contributed by atoms with Crippen LogP contribution in [0.25, 0.3) is 10.2 Å². The maximum atomic E-state index is 12.6. The quantitative estimate of drug-likeness (QED) is 0.813. The van der Waals surface area contributed by atoms with E-state index in [1.54, 1.807) is 11.3 Å². The summed E-state index contributed by atoms with van der Waals surface area (Å²) in [6.07, 6.45) is 5.00. The number of piperidine rings is 1. The number of benzene rings is 1. The zero-order chi connectivity index (χ0) is 15.5. The monoisotopic (exact) mass is 316 g/mol. The third kappa shape index (κ3) is 3.32. The molecular formula is C18H24N2OS. The summed E-state index contributed by atoms with van der Waals surface area (Å²) in [5, 5.41) is 1.11. The SMILES string of the molecule is CC(C)CCC(=O)N1CCCCC1c1nc2ccccc2s1. The fourth-order valence-corrected chi connectivity index (χ4v) is 4.19. The van der Waals surface area contributed by atoms with Crippen molar-refractivity contribution in [2.45, 2.75) is 52.0 Å². The summed E-state index contributed by atoms with van der Waals surface area (Å²) in [7, 11) is 0. The van der Waals surface area contributed by atoms with E-state index in [1.807, 2.05) is 6.07 Å². The van der Waals surface area contributed by atoms with Gasteiger partial charge in [0.05, 0.1) is 16.3 Å². The molecule has 0 saturated carbocycles. The van der Waals surface area contributed by atoms with E-state index in [2.05, 4.69) is 36.9 Å². The summed E-state index contributed by atoms with van der Waals surface area (Å²) in [6, 6.07) is 8.44. The third-order valence-corrected chi connectivity index (χ3v) is 5.49. The molecule has 2 heterocycles. The summed E-state index contributed by atoms with van der Waals surface area (Å²) in [5.41, 5.74) is 1.06. The van der Waals surface area contributed by atoms with E-state index < -0.39 is 0 Å². The zero-order valence-corrected chi connectivity index (χ0v) is 14.2. The second-order valence-corrected chi connectivity index (χ2v) is 7.61. The van der Waals surface area contributed by atoms with Crippen molar-refractivity contribution in [1.29, 1.82) is 0 Å². The molecule has 3 nitrogen and oxygen atoms in total. The van der Waals surface area contributed by atoms with Gasteiger partial charge in [0.1, 0.15) is 5.01 Å². The molecule has 1 atom stereocenters. The van der Waals surface area contributed by atoms with Crippen LogP contribution in [0.2, 0.25) is 0 Å². The average Bonchev–Trinajstić information content (AvgIpc) is 2.96. The fourth-order valence-electron chi connectivity index (χ4n) is 3.08. The first-order chi connectivity index (χ1) is 10.6. The predicted octanol–water partition coefficient (Wildman–Crippen LogP) is 4.79. The van der Waals surface area contributed by atoms with Crippen molar-refractivity contribution in [2.75, 3.05) is 6.54 Å². The van der Waals surface area contributed by atoms with Crippen molar-refractivity contribution in [3.8, 4) is 0 Å². The number of para-hydroxylation sites is 1. The lowest BCUT2D eigenvalue weighted by molar-refractivity contribution is -0.135. The van der Waals surface area contributed by atoms with Gasteiger partial charge in [0.15, 0.2) is 0 Å². The van der Waals surface area contributed by atoms with Gasteiger partial charge in [0, 0.05) is 13.0 Å². The molecule has 22 heavy (non-hydrogen) atoms. The molecule has 0 aliphatic carbocycles. The second-order valence-electron chi connectivity index (χ2n) is 6.55. The predicted molar refractivity (Wildman–Crippen MR) is 92.0 cm³/mol. The van der Waals surface area contributed by atoms with Crippen molar-refractivity contribution in [3.05, 3.63) is 29.3 Å². The van der Waals surface area contributed by atoms with Crippen LogP contribution >= 0.6 is 11.3 Å². The molecule has 1 aliphatic rings. The Morgan fingerprint density at radius 3 is 2.95 bits per heavy atom. The third-order valence-electron chi connectivity index (χ3n) is 4.35. The highest BCUT2D eigenvalue weighted by Crippen LogP contribution is 2.36. The number of likely N-dealkylation sites (tertiary alicyclic amines) is 1. The van der Waals surface area contributed by atoms with Crippen molar-refractivity contribution in [3.63, 3.8) is 0 Å². The molecule has 2 aromatic rings. The van der Waals surface area contributed by atoms with Gasteiger partial charge in [0.2, 0.25) is 5.91 Å². The van der Waals surface area contributed by atoms with Crippen LogP contribution in [0.1, 0.15) is 57.0 Å². The fraction of sp³-hybridized carbons (Fsp3) is 0.556. The Morgan fingerprint density at radius 1 is 1.36 bits per heavy atom. The lowest BCUT2D eigenvalue weighted by Crippen LogP contribution is -2.38. The van der Waals surface area contributed by atoms with Crippen LogP contribution in [0.15, 0.2) is 24.3 Å². The van der Waals surface area contributed by atoms with Gasteiger partial charge in [-0.05, 0) is 43.7 Å². The Hall–Kier alpha value is -1.42. The molecule has 118 valence electrons. The first kappa shape index (κ1) is 15.5. The van der Waals surface area contributed by atoms with Crippen molar-refractivity contribution in [2.24, 2.45) is 5.92 Å². The van der Waals surface area contributed by atoms with Crippen LogP contribution in [0.4, 0.5) is 0 Å². The average molecular weight is 316 g/mol. The maximum Gasteiger partial charge on any atom is 0.223 e. The molecular weight excluding hydrogens is 292 g/mol. The summed E-state index contributed by atoms with van der Waals surface area (Å²) in [5.74, 6) is 0.882. The van der Waals surface area contributed by atoms with Gasteiger partial charge in [-0.1, -0.05) is 26.0 Å². The molecule has 3 rings (SSSR count). The summed E-state index contributed by atoms with van der Waals surface area (Å²) < 4.78 is 1.22. The van der Waals surface area contributed by atoms with Crippen LogP contribution in [0.5, 0.6) is 0 Å². The van der Waals surface area contributed by atoms with E-state index in [0.717, 1.165) is 36.3 Å². The minimum Gasteiger partial charge on any atom is -0.333 e. The molecule has 1 unspecified atom stereocenters. The van der Waals surface area contributed by atoms with Gasteiger partial charge < -0.3 is 4.90 Å². The minimum absolute atomic E-state index is 0.186. The van der Waals surface area contributed by atoms with Crippen LogP contribution in [-0.4, -0.2) is 22.3 Å². The van der Waals surface area contributed by atoms with E-state index in [4.69, 9.17) is 4.98 Å². The molecule has 0 spiro atoms. The molecule has 1 aromatic carbocycles. The van der Waals surface area contributed by atoms with Crippen LogP contribution in [0, 0.1) is 5.92 Å². The van der Waals surface area contributed by atoms with Crippen LogP contribution in [0.3, 0.4) is 0 Å². The molecule has 1 aliphatic heterocycles. The van der Waals surface area contributed by atoms with Crippen LogP contribution < -0.4 is 0 Å². The Labute approximate surface area is 136 Å². The van der Waals surface area contributed by atoms with Gasteiger partial charge in [0.25, 0.3) is 0 Å². The zero-order valence-electron chi connectivity index (χ0n) is 13.4. The number of aromatic nitrogens is 1. The molecule has 1 aromatic heterocycles. The van der Waals surface area contributed by atoms with Crippen molar-refractivity contribution >= 4 is 27.5 Å². The Kier molecular flexibility index (Phi) is 4.77. The van der Waals surface area contributed by atoms with E-state index in [0.29, 0.717) is 18.2 Å². The van der Waals surface area contributed by atoms with Crippen molar-refractivity contribution < 1.29 is 4.79 Å². The highest BCUT2D eigenvalue weighted by atomic mass is 32.1. The molecule has 0 radical (unpaired) electrons. The minimum atomic E-state index is 0.186. The Bertz CT molecular complexity index is 616. The summed E-state index contributed by atoms with van der Waals surface area (Å²) in [6.45, 7) is 5.24. The summed E-state index contributed by atoms with van der Waals surface area (Å²) in [4.78, 5) is 19.5. The number of thiazole rings is 1. The number of amides is 1. The highest BCUT2D eigenvalue weighted by Gasteiger charge is 2.29. The summed E-state index contributed by atoms with van der Waals surface area (Å²) >= 11 is 1.74. The van der Waals surface area contributed by atoms with Crippen LogP contribution in [-0.2, 0) is 4.79 Å². The topological polar surface area (TPSA) is 33.2 Å². The number of carbonyl (C=O) groups is 1. The number of hydrogen-bond acceptors (Lipinski definition) is 3. The molecule has 0 bridgehead atoms. The molecule has 1 saturated heterocycles. The maximum absolute atomic E-state index is 12.6. The molecule has 0 N–H and O–H groups in total. The van der Waals surface area contributed by atoms with Crippen molar-refractivity contribution in [1.82, 2.24) is 9.88 Å². The van der Waals surface area contributed by atoms with E-state index in [1.165, 1.54) is 11.1 Å². The van der Waals surface area contributed by atoms with Gasteiger partial charge in [-0.25, -0.2) is 4.98 Å². The first-order valence-corrected chi connectivity index (χ1v) is 9.11. The molecule has 1 fully saturated rings. The lowest BCUT2D eigenvalue weighted by Gasteiger charge is -2.34. The second kappa shape index (κ2) is 6.78. The Morgan fingerprint density at radius 2 is 2.18 bits per heavy atom. The number of fused-ring (bicyclic) bond motifs is 1. The molecule has 4 heteroatoms. The van der Waals surface area contributed by atoms with E-state index >= 15 is 0 Å². The highest BCUT2D eigenvalue weighted by molar-refractivity contribution is 7.18. The lowest BCUT2D eigenvalue weighted by atomic mass is 10.0. The Balaban J connectivity index is 1.81. The normalized spacial score (nSPS) is 19.0. The number of rotatable bonds is 4. The number of hydrogen-bond donors (Lipinski definition) is 0. The molecule has 1 amide bonds.